The molecular formula is C17H19N3O. The Morgan fingerprint density at radius 1 is 1.19 bits per heavy atom. The second kappa shape index (κ2) is 5.02. The Balaban J connectivity index is 1.36. The molecule has 108 valence electrons. The van der Waals surface area contributed by atoms with Gasteiger partial charge in [0.05, 0.1) is 6.54 Å². The summed E-state index contributed by atoms with van der Waals surface area (Å²) >= 11 is 0. The van der Waals surface area contributed by atoms with Crippen molar-refractivity contribution in [3.8, 4) is 0 Å². The van der Waals surface area contributed by atoms with Gasteiger partial charge in [0.25, 0.3) is 0 Å². The minimum absolute atomic E-state index is 0.196. The Kier molecular flexibility index (Phi) is 3.02. The van der Waals surface area contributed by atoms with Crippen molar-refractivity contribution in [2.45, 2.75) is 25.8 Å². The molecule has 2 aliphatic carbocycles. The van der Waals surface area contributed by atoms with Gasteiger partial charge in [-0.15, -0.1) is 0 Å². The van der Waals surface area contributed by atoms with Crippen LogP contribution in [0.1, 0.15) is 24.8 Å². The highest BCUT2D eigenvalue weighted by molar-refractivity contribution is 5.92. The van der Waals surface area contributed by atoms with E-state index >= 15 is 0 Å². The molecule has 21 heavy (non-hydrogen) atoms. The van der Waals surface area contributed by atoms with E-state index in [0.717, 1.165) is 36.9 Å². The molecule has 4 rings (SSSR count). The van der Waals surface area contributed by atoms with Gasteiger partial charge in [0.1, 0.15) is 0 Å². The van der Waals surface area contributed by atoms with Crippen molar-refractivity contribution in [2.24, 2.45) is 17.8 Å². The van der Waals surface area contributed by atoms with E-state index in [0.29, 0.717) is 0 Å². The number of carbonyl (C=O) groups is 1. The van der Waals surface area contributed by atoms with Gasteiger partial charge < -0.3 is 5.32 Å². The normalized spacial score (nSPS) is 26.4. The Morgan fingerprint density at radius 3 is 2.62 bits per heavy atom. The van der Waals surface area contributed by atoms with Crippen molar-refractivity contribution in [3.63, 3.8) is 0 Å². The summed E-state index contributed by atoms with van der Waals surface area (Å²) in [5, 5.41) is 7.24. The fourth-order valence-electron chi connectivity index (χ4n) is 3.45. The second-order valence-corrected chi connectivity index (χ2v) is 6.31. The van der Waals surface area contributed by atoms with Gasteiger partial charge in [0, 0.05) is 24.0 Å². The molecule has 1 aromatic carbocycles. The summed E-state index contributed by atoms with van der Waals surface area (Å²) < 4.78 is 1.89. The predicted molar refractivity (Wildman–Crippen MR) is 80.7 cm³/mol. The molecule has 0 bridgehead atoms. The average molecular weight is 281 g/mol. The predicted octanol–water partition coefficient (Wildman–Crippen LogP) is 2.92. The van der Waals surface area contributed by atoms with Crippen LogP contribution in [0.2, 0.25) is 0 Å². The number of amides is 1. The molecule has 4 heteroatoms. The van der Waals surface area contributed by atoms with Crippen molar-refractivity contribution in [1.29, 1.82) is 0 Å². The Morgan fingerprint density at radius 2 is 1.95 bits per heavy atom. The lowest BCUT2D eigenvalue weighted by atomic mass is 10.0. The van der Waals surface area contributed by atoms with Crippen LogP contribution in [-0.2, 0) is 11.3 Å². The summed E-state index contributed by atoms with van der Waals surface area (Å²) in [6, 6.07) is 9.96. The lowest BCUT2D eigenvalue weighted by Gasteiger charge is -2.12. The van der Waals surface area contributed by atoms with Crippen molar-refractivity contribution >= 4 is 11.6 Å². The van der Waals surface area contributed by atoms with Crippen molar-refractivity contribution < 1.29 is 4.79 Å². The Hall–Kier alpha value is -2.10. The minimum Gasteiger partial charge on any atom is -0.326 e. The van der Waals surface area contributed by atoms with Gasteiger partial charge in [-0.05, 0) is 54.9 Å². The molecule has 1 amide bonds. The fraction of sp³-hybridized carbons (Fsp3) is 0.412. The standard InChI is InChI=1S/C17H19N3O/c21-17(15-9-13-8-14(13)10-15)19-16-4-2-12(3-5-16)11-20-7-1-6-18-20/h1-7,13-15H,8-11H2,(H,19,21). The van der Waals surface area contributed by atoms with Crippen LogP contribution in [0, 0.1) is 17.8 Å². The van der Waals surface area contributed by atoms with E-state index in [4.69, 9.17) is 0 Å². The number of nitrogens with zero attached hydrogens (tertiary/aromatic N) is 2. The van der Waals surface area contributed by atoms with E-state index in [2.05, 4.69) is 10.4 Å². The Labute approximate surface area is 124 Å². The first-order chi connectivity index (χ1) is 10.3. The number of hydrogen-bond acceptors (Lipinski definition) is 2. The SMILES string of the molecule is O=C(Nc1ccc(Cn2cccn2)cc1)C1CC2CC2C1. The van der Waals surface area contributed by atoms with Gasteiger partial charge in [0.2, 0.25) is 5.91 Å². The van der Waals surface area contributed by atoms with Crippen molar-refractivity contribution in [1.82, 2.24) is 9.78 Å². The quantitative estimate of drug-likeness (QED) is 0.936. The summed E-state index contributed by atoms with van der Waals surface area (Å²) in [6.45, 7) is 0.757. The van der Waals surface area contributed by atoms with Crippen LogP contribution in [-0.4, -0.2) is 15.7 Å². The maximum Gasteiger partial charge on any atom is 0.227 e. The molecule has 1 heterocycles. The first-order valence-electron chi connectivity index (χ1n) is 7.65. The van der Waals surface area contributed by atoms with Crippen LogP contribution >= 0.6 is 0 Å². The largest absolute Gasteiger partial charge is 0.326 e. The number of aromatic nitrogens is 2. The number of fused-ring (bicyclic) bond motifs is 1. The lowest BCUT2D eigenvalue weighted by Crippen LogP contribution is -2.21. The number of benzene rings is 1. The molecule has 2 atom stereocenters. The van der Waals surface area contributed by atoms with E-state index < -0.39 is 0 Å². The monoisotopic (exact) mass is 281 g/mol. The molecular weight excluding hydrogens is 262 g/mol. The average Bonchev–Trinajstić information content (AvgIpc) is 2.92. The summed E-state index contributed by atoms with van der Waals surface area (Å²) in [5.41, 5.74) is 2.07. The van der Waals surface area contributed by atoms with E-state index in [9.17, 15) is 4.79 Å². The summed E-state index contributed by atoms with van der Waals surface area (Å²) in [4.78, 5) is 12.2. The first-order valence-corrected chi connectivity index (χ1v) is 7.65. The first kappa shape index (κ1) is 12.6. The zero-order chi connectivity index (χ0) is 14.2. The molecule has 0 aliphatic heterocycles. The van der Waals surface area contributed by atoms with E-state index in [-0.39, 0.29) is 11.8 Å². The van der Waals surface area contributed by atoms with Crippen LogP contribution < -0.4 is 5.32 Å². The van der Waals surface area contributed by atoms with Crippen molar-refractivity contribution in [2.75, 3.05) is 5.32 Å². The maximum atomic E-state index is 12.2. The smallest absolute Gasteiger partial charge is 0.227 e. The minimum atomic E-state index is 0.196. The molecule has 2 aromatic rings. The molecule has 0 spiro atoms. The van der Waals surface area contributed by atoms with Crippen LogP contribution in [0.15, 0.2) is 42.7 Å². The second-order valence-electron chi connectivity index (χ2n) is 6.31. The molecule has 2 unspecified atom stereocenters. The molecule has 1 aromatic heterocycles. The molecule has 2 fully saturated rings. The van der Waals surface area contributed by atoms with Crippen LogP contribution in [0.5, 0.6) is 0 Å². The number of carbonyl (C=O) groups excluding carboxylic acids is 1. The molecule has 1 N–H and O–H groups in total. The van der Waals surface area contributed by atoms with Gasteiger partial charge in [-0.1, -0.05) is 12.1 Å². The van der Waals surface area contributed by atoms with E-state index in [1.54, 1.807) is 6.20 Å². The van der Waals surface area contributed by atoms with Crippen LogP contribution in [0.3, 0.4) is 0 Å². The molecule has 4 nitrogen and oxygen atoms in total. The third-order valence-electron chi connectivity index (χ3n) is 4.74. The fourth-order valence-corrected chi connectivity index (χ4v) is 3.45. The third kappa shape index (κ3) is 2.71. The van der Waals surface area contributed by atoms with Gasteiger partial charge in [-0.2, -0.15) is 5.10 Å². The third-order valence-corrected chi connectivity index (χ3v) is 4.74. The van der Waals surface area contributed by atoms with E-state index in [1.165, 1.54) is 12.0 Å². The maximum absolute atomic E-state index is 12.2. The van der Waals surface area contributed by atoms with Crippen LogP contribution in [0.25, 0.3) is 0 Å². The lowest BCUT2D eigenvalue weighted by molar-refractivity contribution is -0.120. The number of rotatable bonds is 4. The molecule has 2 aliphatic rings. The molecule has 0 saturated heterocycles. The summed E-state index contributed by atoms with van der Waals surface area (Å²) in [7, 11) is 0. The highest BCUT2D eigenvalue weighted by Crippen LogP contribution is 2.54. The molecule has 0 radical (unpaired) electrons. The van der Waals surface area contributed by atoms with Crippen LogP contribution in [0.4, 0.5) is 5.69 Å². The highest BCUT2D eigenvalue weighted by atomic mass is 16.1. The topological polar surface area (TPSA) is 46.9 Å². The summed E-state index contributed by atoms with van der Waals surface area (Å²) in [6.07, 6.45) is 7.26. The van der Waals surface area contributed by atoms with Gasteiger partial charge in [-0.3, -0.25) is 9.48 Å². The number of hydrogen-bond donors (Lipinski definition) is 1. The zero-order valence-electron chi connectivity index (χ0n) is 11.9. The zero-order valence-corrected chi connectivity index (χ0v) is 11.9. The number of nitrogens with one attached hydrogen (secondary N) is 1. The molecule has 2 saturated carbocycles. The van der Waals surface area contributed by atoms with E-state index in [1.807, 2.05) is 41.2 Å². The van der Waals surface area contributed by atoms with Gasteiger partial charge in [-0.25, -0.2) is 0 Å². The highest BCUT2D eigenvalue weighted by Gasteiger charge is 2.47. The Bertz CT molecular complexity index is 623. The summed E-state index contributed by atoms with van der Waals surface area (Å²) in [5.74, 6) is 2.12. The van der Waals surface area contributed by atoms with Crippen molar-refractivity contribution in [3.05, 3.63) is 48.3 Å². The number of anilines is 1. The van der Waals surface area contributed by atoms with Gasteiger partial charge >= 0.3 is 0 Å². The van der Waals surface area contributed by atoms with Gasteiger partial charge in [0.15, 0.2) is 0 Å².